The largest absolute Gasteiger partial charge is 0.223 e. The van der Waals surface area contributed by atoms with Crippen LogP contribution in [-0.2, 0) is 0 Å². The number of hydrogen-bond acceptors (Lipinski definition) is 0. The molecule has 0 aliphatic heterocycles. The van der Waals surface area contributed by atoms with E-state index in [1.165, 1.54) is 10.5 Å². The topological polar surface area (TPSA) is 0 Å². The van der Waals surface area contributed by atoms with E-state index >= 15 is 0 Å². The molecule has 0 radical (unpaired) electrons. The van der Waals surface area contributed by atoms with Crippen molar-refractivity contribution >= 4 is 15.6 Å². The predicted molar refractivity (Wildman–Crippen MR) is 78.4 cm³/mol. The molecule has 0 atom stereocenters. The minimum Gasteiger partial charge on any atom is -0.223 e. The molecule has 0 aliphatic rings. The molecule has 0 unspecified atom stereocenters. The minimum absolute atomic E-state index is 0.630. The first-order valence-electron chi connectivity index (χ1n) is 5.23. The Balaban J connectivity index is 3.08. The van der Waals surface area contributed by atoms with Gasteiger partial charge in [0.15, 0.2) is 0 Å². The lowest BCUT2D eigenvalue weighted by molar-refractivity contribution is 1.42. The molecule has 0 fully saturated rings. The summed E-state index contributed by atoms with van der Waals surface area (Å²) in [6, 6.07) is 8.74. The lowest BCUT2D eigenvalue weighted by atomic mass is 10.1. The van der Waals surface area contributed by atoms with Crippen molar-refractivity contribution < 1.29 is 0 Å². The van der Waals surface area contributed by atoms with Crippen molar-refractivity contribution in [2.45, 2.75) is 4.90 Å². The fourth-order valence-electron chi connectivity index (χ4n) is 1.46. The molecule has 86 valence electrons. The Labute approximate surface area is 101 Å². The second-order valence-corrected chi connectivity index (χ2v) is 8.57. The first kappa shape index (κ1) is 12.9. The normalized spacial score (nSPS) is 13.3. The molecule has 0 amide bonds. The summed E-state index contributed by atoms with van der Waals surface area (Å²) in [4.78, 5) is 1.43. The average molecular weight is 232 g/mol. The van der Waals surface area contributed by atoms with Crippen molar-refractivity contribution in [1.29, 1.82) is 0 Å². The highest BCUT2D eigenvalue weighted by Crippen LogP contribution is 2.45. The van der Waals surface area contributed by atoms with E-state index < -0.39 is 10.0 Å². The molecule has 16 heavy (non-hydrogen) atoms. The summed E-state index contributed by atoms with van der Waals surface area (Å²) >= 11 is 0. The van der Waals surface area contributed by atoms with Crippen LogP contribution in [0.1, 0.15) is 5.56 Å². The smallest absolute Gasteiger partial charge is 0.0106 e. The molecule has 0 saturated carbocycles. The van der Waals surface area contributed by atoms with Crippen molar-refractivity contribution in [1.82, 2.24) is 0 Å². The molecule has 1 rings (SSSR count). The van der Waals surface area contributed by atoms with Gasteiger partial charge >= 0.3 is 0 Å². The minimum atomic E-state index is -0.630. The Morgan fingerprint density at radius 2 is 1.62 bits per heavy atom. The molecule has 0 spiro atoms. The standard InChI is InChI=1S/C15H20S/c1-6-8-13(7-2)14-9-11-15(12-10-14)16(3,4)5/h6-12H,1-2H2,3-5H3/b13-8+. The van der Waals surface area contributed by atoms with E-state index in [0.29, 0.717) is 0 Å². The van der Waals surface area contributed by atoms with Gasteiger partial charge < -0.3 is 0 Å². The quantitative estimate of drug-likeness (QED) is 0.671. The molecular formula is C15H20S. The highest BCUT2D eigenvalue weighted by Gasteiger charge is 2.07. The van der Waals surface area contributed by atoms with Crippen LogP contribution in [0.25, 0.3) is 5.57 Å². The van der Waals surface area contributed by atoms with Gasteiger partial charge in [0.05, 0.1) is 0 Å². The van der Waals surface area contributed by atoms with E-state index in [4.69, 9.17) is 0 Å². The van der Waals surface area contributed by atoms with Gasteiger partial charge in [0.25, 0.3) is 0 Å². The third-order valence-electron chi connectivity index (χ3n) is 2.41. The van der Waals surface area contributed by atoms with E-state index in [1.54, 1.807) is 6.08 Å². The molecule has 1 aromatic rings. The summed E-state index contributed by atoms with van der Waals surface area (Å²) in [5.74, 6) is 0. The highest BCUT2D eigenvalue weighted by molar-refractivity contribution is 8.32. The second-order valence-electron chi connectivity index (χ2n) is 4.42. The first-order valence-corrected chi connectivity index (χ1v) is 8.09. The van der Waals surface area contributed by atoms with E-state index in [2.05, 4.69) is 56.2 Å². The second kappa shape index (κ2) is 5.22. The summed E-state index contributed by atoms with van der Waals surface area (Å²) in [7, 11) is -0.630. The van der Waals surface area contributed by atoms with Gasteiger partial charge in [0.1, 0.15) is 0 Å². The number of allylic oxidation sites excluding steroid dienone is 4. The van der Waals surface area contributed by atoms with Gasteiger partial charge in [-0.3, -0.25) is 0 Å². The van der Waals surface area contributed by atoms with Gasteiger partial charge in [0, 0.05) is 0 Å². The zero-order valence-electron chi connectivity index (χ0n) is 10.4. The molecule has 0 aromatic heterocycles. The van der Waals surface area contributed by atoms with Crippen LogP contribution in [-0.4, -0.2) is 18.8 Å². The maximum atomic E-state index is 3.82. The van der Waals surface area contributed by atoms with E-state index in [1.807, 2.05) is 12.2 Å². The zero-order valence-corrected chi connectivity index (χ0v) is 11.2. The summed E-state index contributed by atoms with van der Waals surface area (Å²) in [5, 5.41) is 0. The monoisotopic (exact) mass is 232 g/mol. The van der Waals surface area contributed by atoms with Gasteiger partial charge in [-0.15, -0.1) is 0 Å². The van der Waals surface area contributed by atoms with Crippen LogP contribution in [0.5, 0.6) is 0 Å². The summed E-state index contributed by atoms with van der Waals surface area (Å²) in [5.41, 5.74) is 2.31. The van der Waals surface area contributed by atoms with Gasteiger partial charge in [0.2, 0.25) is 0 Å². The maximum absolute atomic E-state index is 3.82. The van der Waals surface area contributed by atoms with E-state index in [0.717, 1.165) is 5.57 Å². The van der Waals surface area contributed by atoms with Gasteiger partial charge in [-0.25, -0.2) is 10.0 Å². The number of hydrogen-bond donors (Lipinski definition) is 0. The van der Waals surface area contributed by atoms with Crippen LogP contribution in [0, 0.1) is 0 Å². The van der Waals surface area contributed by atoms with Crippen LogP contribution in [0.4, 0.5) is 0 Å². The van der Waals surface area contributed by atoms with Gasteiger partial charge in [-0.05, 0) is 46.9 Å². The van der Waals surface area contributed by atoms with Crippen molar-refractivity contribution in [3.05, 3.63) is 61.2 Å². The van der Waals surface area contributed by atoms with Crippen molar-refractivity contribution in [2.24, 2.45) is 0 Å². The number of benzene rings is 1. The molecule has 1 aromatic carbocycles. The van der Waals surface area contributed by atoms with Crippen molar-refractivity contribution in [2.75, 3.05) is 18.8 Å². The molecule has 0 N–H and O–H groups in total. The lowest BCUT2D eigenvalue weighted by Gasteiger charge is -2.25. The third-order valence-corrected chi connectivity index (χ3v) is 4.10. The molecule has 0 nitrogen and oxygen atoms in total. The maximum Gasteiger partial charge on any atom is -0.0106 e. The Hall–Kier alpha value is -1.21. The van der Waals surface area contributed by atoms with Gasteiger partial charge in [-0.2, -0.15) is 0 Å². The molecule has 0 bridgehead atoms. The SMILES string of the molecule is C=C/C=C(\C=C)c1ccc(S(C)(C)C)cc1. The fraction of sp³-hybridized carbons (Fsp3) is 0.200. The molecule has 1 heteroatoms. The average Bonchev–Trinajstić information content (AvgIpc) is 2.25. The lowest BCUT2D eigenvalue weighted by Crippen LogP contribution is -1.92. The van der Waals surface area contributed by atoms with Crippen LogP contribution in [0.15, 0.2) is 60.5 Å². The zero-order chi connectivity index (χ0) is 12.2. The highest BCUT2D eigenvalue weighted by atomic mass is 32.3. The van der Waals surface area contributed by atoms with Crippen LogP contribution in [0.3, 0.4) is 0 Å². The van der Waals surface area contributed by atoms with E-state index in [9.17, 15) is 0 Å². The van der Waals surface area contributed by atoms with Crippen LogP contribution < -0.4 is 0 Å². The molecule has 0 aliphatic carbocycles. The third kappa shape index (κ3) is 3.14. The first-order chi connectivity index (χ1) is 7.49. The Kier molecular flexibility index (Phi) is 4.19. The Morgan fingerprint density at radius 1 is 1.06 bits per heavy atom. The van der Waals surface area contributed by atoms with E-state index in [-0.39, 0.29) is 0 Å². The van der Waals surface area contributed by atoms with Crippen molar-refractivity contribution in [3.63, 3.8) is 0 Å². The Morgan fingerprint density at radius 3 is 2.00 bits per heavy atom. The van der Waals surface area contributed by atoms with Crippen molar-refractivity contribution in [3.8, 4) is 0 Å². The summed E-state index contributed by atoms with van der Waals surface area (Å²) in [6.07, 6.45) is 12.5. The van der Waals surface area contributed by atoms with Crippen LogP contribution in [0.2, 0.25) is 0 Å². The summed E-state index contributed by atoms with van der Waals surface area (Å²) < 4.78 is 0. The predicted octanol–water partition coefficient (Wildman–Crippen LogP) is 4.49. The Bertz CT molecular complexity index is 402. The van der Waals surface area contributed by atoms with Gasteiger partial charge in [-0.1, -0.05) is 43.5 Å². The molecule has 0 saturated heterocycles. The van der Waals surface area contributed by atoms with Crippen LogP contribution >= 0.6 is 10.0 Å². The molecule has 0 heterocycles. The fourth-order valence-corrected chi connectivity index (χ4v) is 2.42. The molecular weight excluding hydrogens is 212 g/mol. The summed E-state index contributed by atoms with van der Waals surface area (Å²) in [6.45, 7) is 7.53. The number of rotatable bonds is 4.